The van der Waals surface area contributed by atoms with Gasteiger partial charge in [0.25, 0.3) is 11.8 Å². The van der Waals surface area contributed by atoms with Crippen LogP contribution in [0.3, 0.4) is 0 Å². The summed E-state index contributed by atoms with van der Waals surface area (Å²) in [7, 11) is 0. The molecule has 2 N–H and O–H groups in total. The minimum absolute atomic E-state index is 0.125. The summed E-state index contributed by atoms with van der Waals surface area (Å²) in [5.41, 5.74) is 6.42. The molecule has 1 saturated heterocycles. The highest BCUT2D eigenvalue weighted by atomic mass is 19.1. The van der Waals surface area contributed by atoms with Gasteiger partial charge in [0, 0.05) is 31.7 Å². The minimum atomic E-state index is -0.374. The van der Waals surface area contributed by atoms with E-state index in [4.69, 9.17) is 10.2 Å². The third kappa shape index (κ3) is 3.88. The standard InChI is InChI=1S/C18H20FN3O3/c19-15-4-2-13(3-5-15)17(23)21-6-1-7-22(9-8-21)18(24)14-10-16(11-20)25-12-14/h2-5,10,12H,1,6-9,11,20H2. The first-order valence-electron chi connectivity index (χ1n) is 8.20. The lowest BCUT2D eigenvalue weighted by molar-refractivity contribution is 0.0718. The van der Waals surface area contributed by atoms with Crippen LogP contribution in [0.2, 0.25) is 0 Å². The molecule has 0 atom stereocenters. The Morgan fingerprint density at radius 3 is 2.16 bits per heavy atom. The van der Waals surface area contributed by atoms with Crippen LogP contribution in [0.15, 0.2) is 41.0 Å². The molecule has 0 radical (unpaired) electrons. The van der Waals surface area contributed by atoms with Crippen LogP contribution in [0.25, 0.3) is 0 Å². The quantitative estimate of drug-likeness (QED) is 0.921. The Kier molecular flexibility index (Phi) is 5.14. The first-order valence-corrected chi connectivity index (χ1v) is 8.20. The summed E-state index contributed by atoms with van der Waals surface area (Å²) in [5, 5.41) is 0. The van der Waals surface area contributed by atoms with Gasteiger partial charge in [0.2, 0.25) is 0 Å². The van der Waals surface area contributed by atoms with Gasteiger partial charge in [0.1, 0.15) is 17.8 Å². The predicted octanol–water partition coefficient (Wildman–Crippen LogP) is 1.87. The SMILES string of the molecule is NCc1cc(C(=O)N2CCCN(C(=O)c3ccc(F)cc3)CC2)co1. The Morgan fingerprint density at radius 2 is 1.60 bits per heavy atom. The second kappa shape index (κ2) is 7.48. The maximum atomic E-state index is 13.0. The van der Waals surface area contributed by atoms with Crippen molar-refractivity contribution >= 4 is 11.8 Å². The Labute approximate surface area is 145 Å². The van der Waals surface area contributed by atoms with Crippen LogP contribution in [-0.4, -0.2) is 47.8 Å². The number of nitrogens with two attached hydrogens (primary N) is 1. The molecule has 25 heavy (non-hydrogen) atoms. The van der Waals surface area contributed by atoms with Crippen molar-refractivity contribution in [3.8, 4) is 0 Å². The molecule has 1 aromatic carbocycles. The number of carbonyl (C=O) groups is 2. The van der Waals surface area contributed by atoms with Gasteiger partial charge in [-0.2, -0.15) is 0 Å². The molecular formula is C18H20FN3O3. The number of hydrogen-bond donors (Lipinski definition) is 1. The van der Waals surface area contributed by atoms with Crippen molar-refractivity contribution < 1.29 is 18.4 Å². The molecule has 132 valence electrons. The molecule has 0 unspecified atom stereocenters. The molecule has 6 nitrogen and oxygen atoms in total. The van der Waals surface area contributed by atoms with Crippen molar-refractivity contribution in [2.45, 2.75) is 13.0 Å². The average molecular weight is 345 g/mol. The van der Waals surface area contributed by atoms with Crippen LogP contribution in [0.5, 0.6) is 0 Å². The summed E-state index contributed by atoms with van der Waals surface area (Å²) in [4.78, 5) is 28.5. The van der Waals surface area contributed by atoms with E-state index in [0.717, 1.165) is 0 Å². The number of carbonyl (C=O) groups excluding carboxylic acids is 2. The van der Waals surface area contributed by atoms with Gasteiger partial charge < -0.3 is 20.0 Å². The molecule has 0 saturated carbocycles. The van der Waals surface area contributed by atoms with Crippen LogP contribution < -0.4 is 5.73 Å². The van der Waals surface area contributed by atoms with Gasteiger partial charge >= 0.3 is 0 Å². The second-order valence-electron chi connectivity index (χ2n) is 5.95. The summed E-state index contributed by atoms with van der Waals surface area (Å²) < 4.78 is 18.2. The minimum Gasteiger partial charge on any atom is -0.467 e. The van der Waals surface area contributed by atoms with Crippen molar-refractivity contribution in [3.05, 3.63) is 59.3 Å². The van der Waals surface area contributed by atoms with Crippen molar-refractivity contribution in [2.75, 3.05) is 26.2 Å². The van der Waals surface area contributed by atoms with Crippen molar-refractivity contribution in [2.24, 2.45) is 5.73 Å². The van der Waals surface area contributed by atoms with Crippen molar-refractivity contribution in [3.63, 3.8) is 0 Å². The number of furan rings is 1. The van der Waals surface area contributed by atoms with Crippen LogP contribution >= 0.6 is 0 Å². The third-order valence-corrected chi connectivity index (χ3v) is 4.26. The highest BCUT2D eigenvalue weighted by Gasteiger charge is 2.24. The van der Waals surface area contributed by atoms with E-state index in [1.54, 1.807) is 15.9 Å². The molecule has 1 aliphatic heterocycles. The summed E-state index contributed by atoms with van der Waals surface area (Å²) in [6, 6.07) is 7.15. The Hall–Kier alpha value is -2.67. The van der Waals surface area contributed by atoms with Gasteiger partial charge in [-0.05, 0) is 36.8 Å². The molecular weight excluding hydrogens is 325 g/mol. The molecule has 0 bridgehead atoms. The zero-order valence-electron chi connectivity index (χ0n) is 13.8. The van der Waals surface area contributed by atoms with Gasteiger partial charge in [-0.1, -0.05) is 0 Å². The zero-order valence-corrected chi connectivity index (χ0v) is 13.8. The molecule has 2 aromatic rings. The van der Waals surface area contributed by atoms with Crippen molar-refractivity contribution in [1.29, 1.82) is 0 Å². The third-order valence-electron chi connectivity index (χ3n) is 4.26. The molecule has 7 heteroatoms. The monoisotopic (exact) mass is 345 g/mol. The van der Waals surface area contributed by atoms with Crippen LogP contribution in [0.1, 0.15) is 32.9 Å². The number of halogens is 1. The fraction of sp³-hybridized carbons (Fsp3) is 0.333. The lowest BCUT2D eigenvalue weighted by Gasteiger charge is -2.22. The van der Waals surface area contributed by atoms with E-state index in [-0.39, 0.29) is 24.2 Å². The van der Waals surface area contributed by atoms with Gasteiger partial charge in [0.05, 0.1) is 12.1 Å². The molecule has 1 aliphatic rings. The number of amides is 2. The predicted molar refractivity (Wildman–Crippen MR) is 89.4 cm³/mol. The molecule has 2 heterocycles. The van der Waals surface area contributed by atoms with Crippen LogP contribution in [0, 0.1) is 5.82 Å². The lowest BCUT2D eigenvalue weighted by Crippen LogP contribution is -2.37. The summed E-state index contributed by atoms with van der Waals surface area (Å²) >= 11 is 0. The maximum absolute atomic E-state index is 13.0. The van der Waals surface area contributed by atoms with Gasteiger partial charge in [0.15, 0.2) is 0 Å². The summed E-state index contributed by atoms with van der Waals surface area (Å²) in [6.45, 7) is 2.24. The smallest absolute Gasteiger partial charge is 0.257 e. The number of nitrogens with zero attached hydrogens (tertiary/aromatic N) is 2. The number of benzene rings is 1. The number of rotatable bonds is 3. The fourth-order valence-corrected chi connectivity index (χ4v) is 2.88. The fourth-order valence-electron chi connectivity index (χ4n) is 2.88. The molecule has 0 aliphatic carbocycles. The van der Waals surface area contributed by atoms with E-state index in [0.29, 0.717) is 49.5 Å². The topological polar surface area (TPSA) is 79.8 Å². The summed E-state index contributed by atoms with van der Waals surface area (Å²) in [5.74, 6) is -0.0880. The van der Waals surface area contributed by atoms with E-state index in [1.807, 2.05) is 0 Å². The van der Waals surface area contributed by atoms with E-state index >= 15 is 0 Å². The van der Waals surface area contributed by atoms with Crippen molar-refractivity contribution in [1.82, 2.24) is 9.80 Å². The highest BCUT2D eigenvalue weighted by molar-refractivity contribution is 5.95. The van der Waals surface area contributed by atoms with E-state index in [1.165, 1.54) is 30.5 Å². The van der Waals surface area contributed by atoms with E-state index in [2.05, 4.69) is 0 Å². The molecule has 1 aromatic heterocycles. The number of hydrogen-bond acceptors (Lipinski definition) is 4. The van der Waals surface area contributed by atoms with Crippen LogP contribution in [0.4, 0.5) is 4.39 Å². The summed E-state index contributed by atoms with van der Waals surface area (Å²) in [6.07, 6.45) is 2.09. The second-order valence-corrected chi connectivity index (χ2v) is 5.95. The zero-order chi connectivity index (χ0) is 17.8. The molecule has 2 amide bonds. The normalized spacial score (nSPS) is 15.1. The first kappa shape index (κ1) is 17.2. The Balaban J connectivity index is 1.64. The lowest BCUT2D eigenvalue weighted by atomic mass is 10.2. The molecule has 1 fully saturated rings. The van der Waals surface area contributed by atoms with Gasteiger partial charge in [-0.3, -0.25) is 9.59 Å². The van der Waals surface area contributed by atoms with E-state index in [9.17, 15) is 14.0 Å². The Bertz CT molecular complexity index is 757. The molecule has 3 rings (SSSR count). The molecule has 0 spiro atoms. The maximum Gasteiger partial charge on any atom is 0.257 e. The van der Waals surface area contributed by atoms with Crippen LogP contribution in [-0.2, 0) is 6.54 Å². The largest absolute Gasteiger partial charge is 0.467 e. The Morgan fingerprint density at radius 1 is 1.00 bits per heavy atom. The van der Waals surface area contributed by atoms with Gasteiger partial charge in [-0.25, -0.2) is 4.39 Å². The average Bonchev–Trinajstić information content (AvgIpc) is 2.98. The highest BCUT2D eigenvalue weighted by Crippen LogP contribution is 2.14. The first-order chi connectivity index (χ1) is 12.1. The van der Waals surface area contributed by atoms with Gasteiger partial charge in [-0.15, -0.1) is 0 Å². The van der Waals surface area contributed by atoms with E-state index < -0.39 is 0 Å².